The molecule has 106 valence electrons. The lowest BCUT2D eigenvalue weighted by Crippen LogP contribution is -2.21. The van der Waals surface area contributed by atoms with Gasteiger partial charge in [-0.05, 0) is 36.7 Å². The fraction of sp³-hybridized carbons (Fsp3) is 0.625. The van der Waals surface area contributed by atoms with Gasteiger partial charge in [0.2, 0.25) is 0 Å². The van der Waals surface area contributed by atoms with Gasteiger partial charge in [0.1, 0.15) is 11.6 Å². The molecular formula is C16H24FNO. The third kappa shape index (κ3) is 3.62. The Morgan fingerprint density at radius 1 is 1.32 bits per heavy atom. The summed E-state index contributed by atoms with van der Waals surface area (Å²) in [5.41, 5.74) is 6.87. The second-order valence-electron chi connectivity index (χ2n) is 6.21. The van der Waals surface area contributed by atoms with Crippen LogP contribution in [-0.2, 0) is 0 Å². The number of hydrogen-bond acceptors (Lipinski definition) is 2. The summed E-state index contributed by atoms with van der Waals surface area (Å²) in [5.74, 6) is -0.190. The van der Waals surface area contributed by atoms with Crippen molar-refractivity contribution < 1.29 is 9.50 Å². The Bertz CT molecular complexity index is 428. The lowest BCUT2D eigenvalue weighted by atomic mass is 9.71. The Balaban J connectivity index is 2.15. The summed E-state index contributed by atoms with van der Waals surface area (Å²) in [6.45, 7) is 2.29. The second kappa shape index (κ2) is 5.81. The molecule has 0 heterocycles. The highest BCUT2D eigenvalue weighted by Crippen LogP contribution is 2.42. The molecule has 0 radical (unpaired) electrons. The molecule has 1 saturated carbocycles. The second-order valence-corrected chi connectivity index (χ2v) is 6.21. The maximum Gasteiger partial charge on any atom is 0.123 e. The van der Waals surface area contributed by atoms with E-state index in [0.29, 0.717) is 12.8 Å². The lowest BCUT2D eigenvalue weighted by molar-refractivity contribution is 0.211. The van der Waals surface area contributed by atoms with Gasteiger partial charge in [0.05, 0.1) is 5.70 Å². The van der Waals surface area contributed by atoms with Crippen molar-refractivity contribution in [3.05, 3.63) is 35.0 Å². The molecule has 0 aromatic carbocycles. The Morgan fingerprint density at radius 3 is 2.68 bits per heavy atom. The van der Waals surface area contributed by atoms with E-state index in [4.69, 9.17) is 5.73 Å². The summed E-state index contributed by atoms with van der Waals surface area (Å²) in [5, 5.41) is 10.1. The van der Waals surface area contributed by atoms with E-state index < -0.39 is 0 Å². The molecule has 0 atom stereocenters. The quantitative estimate of drug-likeness (QED) is 0.763. The van der Waals surface area contributed by atoms with Crippen LogP contribution < -0.4 is 5.73 Å². The molecule has 2 aliphatic carbocycles. The molecule has 0 aromatic rings. The zero-order valence-corrected chi connectivity index (χ0v) is 11.7. The molecule has 0 unspecified atom stereocenters. The van der Waals surface area contributed by atoms with Gasteiger partial charge in [-0.25, -0.2) is 4.39 Å². The van der Waals surface area contributed by atoms with Crippen LogP contribution in [-0.4, -0.2) is 5.11 Å². The number of rotatable bonds is 2. The minimum absolute atomic E-state index is 0.0666. The first-order valence-electron chi connectivity index (χ1n) is 7.24. The van der Waals surface area contributed by atoms with Crippen LogP contribution in [0.15, 0.2) is 35.0 Å². The molecule has 2 nitrogen and oxygen atoms in total. The summed E-state index contributed by atoms with van der Waals surface area (Å²) in [6.07, 6.45) is 11.4. The average molecular weight is 265 g/mol. The third-order valence-electron chi connectivity index (χ3n) is 4.37. The van der Waals surface area contributed by atoms with Gasteiger partial charge in [0.25, 0.3) is 0 Å². The summed E-state index contributed by atoms with van der Waals surface area (Å²) < 4.78 is 13.4. The van der Waals surface area contributed by atoms with Gasteiger partial charge in [-0.2, -0.15) is 0 Å². The van der Waals surface area contributed by atoms with Gasteiger partial charge in [-0.1, -0.05) is 32.3 Å². The van der Waals surface area contributed by atoms with Crippen molar-refractivity contribution in [2.45, 2.75) is 58.3 Å². The topological polar surface area (TPSA) is 46.2 Å². The number of aliphatic hydroxyl groups is 1. The molecule has 2 rings (SSSR count). The van der Waals surface area contributed by atoms with Crippen molar-refractivity contribution >= 4 is 0 Å². The number of hydrogen-bond donors (Lipinski definition) is 2. The SMILES string of the molecule is CC1(CC2=C/CC/C(F)=C(N)/C=C\2O)CCCCC1. The molecule has 0 aliphatic heterocycles. The largest absolute Gasteiger partial charge is 0.508 e. The Hall–Kier alpha value is -1.25. The van der Waals surface area contributed by atoms with Crippen LogP contribution in [0.2, 0.25) is 0 Å². The van der Waals surface area contributed by atoms with Crippen LogP contribution in [0.25, 0.3) is 0 Å². The lowest BCUT2D eigenvalue weighted by Gasteiger charge is -2.34. The minimum Gasteiger partial charge on any atom is -0.508 e. The Kier molecular flexibility index (Phi) is 4.33. The smallest absolute Gasteiger partial charge is 0.123 e. The first kappa shape index (κ1) is 14.2. The van der Waals surface area contributed by atoms with E-state index in [1.165, 1.54) is 38.2 Å². The molecule has 3 N–H and O–H groups in total. The average Bonchev–Trinajstić information content (AvgIpc) is 2.37. The maximum absolute atomic E-state index is 13.4. The molecule has 0 spiro atoms. The zero-order chi connectivity index (χ0) is 13.9. The minimum atomic E-state index is -0.328. The predicted octanol–water partition coefficient (Wildman–Crippen LogP) is 4.65. The first-order chi connectivity index (χ1) is 9.00. The predicted molar refractivity (Wildman–Crippen MR) is 76.2 cm³/mol. The van der Waals surface area contributed by atoms with E-state index in [-0.39, 0.29) is 22.7 Å². The van der Waals surface area contributed by atoms with E-state index in [2.05, 4.69) is 6.92 Å². The maximum atomic E-state index is 13.4. The van der Waals surface area contributed by atoms with Crippen LogP contribution in [0.1, 0.15) is 58.3 Å². The highest BCUT2D eigenvalue weighted by Gasteiger charge is 2.28. The van der Waals surface area contributed by atoms with Crippen LogP contribution in [0, 0.1) is 5.41 Å². The normalized spacial score (nSPS) is 33.6. The Labute approximate surface area is 114 Å². The molecule has 1 fully saturated rings. The van der Waals surface area contributed by atoms with Crippen LogP contribution in [0.5, 0.6) is 0 Å². The molecule has 0 amide bonds. The highest BCUT2D eigenvalue weighted by atomic mass is 19.1. The molecule has 3 heteroatoms. The van der Waals surface area contributed by atoms with Gasteiger partial charge >= 0.3 is 0 Å². The standard InChI is InChI=1S/C16H24FNO/c1-16(8-3-2-4-9-16)11-12-6-5-7-13(17)14(18)10-15(12)19/h6,10,19H,2-5,7-9,11,18H2,1H3/b12-6-,14-13+,15-10+. The van der Waals surface area contributed by atoms with E-state index in [9.17, 15) is 9.50 Å². The number of nitrogens with two attached hydrogens (primary N) is 1. The fourth-order valence-electron chi connectivity index (χ4n) is 3.14. The number of aliphatic hydroxyl groups excluding tert-OH is 1. The van der Waals surface area contributed by atoms with Gasteiger partial charge in [0.15, 0.2) is 0 Å². The van der Waals surface area contributed by atoms with Crippen molar-refractivity contribution in [3.63, 3.8) is 0 Å². The van der Waals surface area contributed by atoms with Crippen molar-refractivity contribution in [2.75, 3.05) is 0 Å². The van der Waals surface area contributed by atoms with Gasteiger partial charge in [-0.3, -0.25) is 0 Å². The van der Waals surface area contributed by atoms with E-state index >= 15 is 0 Å². The van der Waals surface area contributed by atoms with Gasteiger partial charge in [-0.15, -0.1) is 0 Å². The Morgan fingerprint density at radius 2 is 2.00 bits per heavy atom. The van der Waals surface area contributed by atoms with Crippen molar-refractivity contribution in [3.8, 4) is 0 Å². The summed E-state index contributed by atoms with van der Waals surface area (Å²) in [6, 6.07) is 0. The zero-order valence-electron chi connectivity index (χ0n) is 11.7. The van der Waals surface area contributed by atoms with Gasteiger partial charge < -0.3 is 10.8 Å². The monoisotopic (exact) mass is 265 g/mol. The number of allylic oxidation sites excluding steroid dienone is 4. The number of halogens is 1. The molecule has 0 saturated heterocycles. The summed E-state index contributed by atoms with van der Waals surface area (Å²) in [4.78, 5) is 0. The van der Waals surface area contributed by atoms with Crippen LogP contribution >= 0.6 is 0 Å². The van der Waals surface area contributed by atoms with E-state index in [1.54, 1.807) is 0 Å². The third-order valence-corrected chi connectivity index (χ3v) is 4.37. The van der Waals surface area contributed by atoms with E-state index in [0.717, 1.165) is 12.0 Å². The summed E-state index contributed by atoms with van der Waals surface area (Å²) >= 11 is 0. The fourth-order valence-corrected chi connectivity index (χ4v) is 3.14. The van der Waals surface area contributed by atoms with Gasteiger partial charge in [0, 0.05) is 12.5 Å². The first-order valence-corrected chi connectivity index (χ1v) is 7.24. The molecular weight excluding hydrogens is 241 g/mol. The van der Waals surface area contributed by atoms with Crippen LogP contribution in [0.3, 0.4) is 0 Å². The molecule has 2 aliphatic rings. The van der Waals surface area contributed by atoms with Crippen molar-refractivity contribution in [2.24, 2.45) is 11.1 Å². The summed E-state index contributed by atoms with van der Waals surface area (Å²) in [7, 11) is 0. The van der Waals surface area contributed by atoms with E-state index in [1.807, 2.05) is 6.08 Å². The molecule has 0 aromatic heterocycles. The van der Waals surface area contributed by atoms with Crippen molar-refractivity contribution in [1.82, 2.24) is 0 Å². The highest BCUT2D eigenvalue weighted by molar-refractivity contribution is 5.35. The van der Waals surface area contributed by atoms with Crippen molar-refractivity contribution in [1.29, 1.82) is 0 Å². The molecule has 0 bridgehead atoms. The molecule has 19 heavy (non-hydrogen) atoms. The van der Waals surface area contributed by atoms with Crippen LogP contribution in [0.4, 0.5) is 4.39 Å².